The molecule has 0 fully saturated rings. The van der Waals surface area contributed by atoms with Crippen LogP contribution in [0.1, 0.15) is 108 Å². The van der Waals surface area contributed by atoms with Gasteiger partial charge in [-0.3, -0.25) is 9.78 Å². The Hall–Kier alpha value is -1.06. The molecule has 1 heterocycles. The molecule has 0 aliphatic rings. The van der Waals surface area contributed by atoms with E-state index < -0.39 is 0 Å². The number of rotatable bonds is 16. The quantitative estimate of drug-likeness (QED) is 0.142. The molecule has 5 heteroatoms. The van der Waals surface area contributed by atoms with E-state index in [1.54, 1.807) is 13.8 Å². The third-order valence-electron chi connectivity index (χ3n) is 5.23. The Labute approximate surface area is 193 Å². The number of halogens is 2. The smallest absolute Gasteiger partial charge is 0.311 e. The third kappa shape index (κ3) is 11.4. The summed E-state index contributed by atoms with van der Waals surface area (Å²) in [6, 6.07) is 0. The van der Waals surface area contributed by atoms with E-state index in [1.165, 1.54) is 57.8 Å². The highest BCUT2D eigenvalue weighted by molar-refractivity contribution is 6.38. The van der Waals surface area contributed by atoms with Gasteiger partial charge in [0, 0.05) is 6.42 Å². The fourth-order valence-corrected chi connectivity index (χ4v) is 3.77. The number of nitrogens with zero attached hydrogens (tertiary/aromatic N) is 1. The minimum absolute atomic E-state index is 0.237. The van der Waals surface area contributed by atoms with Crippen LogP contribution < -0.4 is 4.74 Å². The lowest BCUT2D eigenvalue weighted by Gasteiger charge is -2.11. The van der Waals surface area contributed by atoms with Gasteiger partial charge in [-0.1, -0.05) is 93.6 Å². The summed E-state index contributed by atoms with van der Waals surface area (Å²) in [5.41, 5.74) is 1.23. The van der Waals surface area contributed by atoms with Gasteiger partial charge in [-0.05, 0) is 46.0 Å². The van der Waals surface area contributed by atoms with Crippen LogP contribution in [0, 0.1) is 13.8 Å². The SMILES string of the molecule is CCCCCCCC/C=C\CCCCCCCC(=O)Oc1c(Cl)c(C)nc(C)c1Cl. The fraction of sp³-hybridized carbons (Fsp3) is 0.680. The van der Waals surface area contributed by atoms with Gasteiger partial charge in [0.2, 0.25) is 0 Å². The molecule has 0 aliphatic heterocycles. The molecule has 1 aromatic rings. The van der Waals surface area contributed by atoms with Crippen LogP contribution in [0.25, 0.3) is 0 Å². The molecule has 1 aromatic heterocycles. The van der Waals surface area contributed by atoms with Crippen molar-refractivity contribution in [3.8, 4) is 5.75 Å². The molecule has 0 unspecified atom stereocenters. The van der Waals surface area contributed by atoms with Crippen LogP contribution in [0.2, 0.25) is 10.0 Å². The summed E-state index contributed by atoms with van der Waals surface area (Å²) in [4.78, 5) is 16.3. The molecule has 1 rings (SSSR count). The normalized spacial score (nSPS) is 11.4. The average Bonchev–Trinajstić information content (AvgIpc) is 2.72. The highest BCUT2D eigenvalue weighted by Crippen LogP contribution is 2.36. The van der Waals surface area contributed by atoms with Gasteiger partial charge in [0.15, 0.2) is 5.75 Å². The summed E-state index contributed by atoms with van der Waals surface area (Å²) in [6.07, 6.45) is 21.0. The molecule has 0 saturated heterocycles. The lowest BCUT2D eigenvalue weighted by Crippen LogP contribution is -2.09. The van der Waals surface area contributed by atoms with Gasteiger partial charge in [0.25, 0.3) is 0 Å². The van der Waals surface area contributed by atoms with E-state index in [2.05, 4.69) is 24.1 Å². The van der Waals surface area contributed by atoms with E-state index in [1.807, 2.05) is 0 Å². The highest BCUT2D eigenvalue weighted by atomic mass is 35.5. The van der Waals surface area contributed by atoms with E-state index in [0.29, 0.717) is 27.9 Å². The van der Waals surface area contributed by atoms with Crippen molar-refractivity contribution in [2.75, 3.05) is 0 Å². The zero-order valence-electron chi connectivity index (χ0n) is 19.1. The van der Waals surface area contributed by atoms with Crippen molar-refractivity contribution in [1.29, 1.82) is 0 Å². The molecule has 0 aromatic carbocycles. The summed E-state index contributed by atoms with van der Waals surface area (Å²) in [6.45, 7) is 5.80. The zero-order chi connectivity index (χ0) is 22.2. The first-order valence-corrected chi connectivity index (χ1v) is 12.4. The van der Waals surface area contributed by atoms with Crippen molar-refractivity contribution in [3.63, 3.8) is 0 Å². The molecular formula is C25H39Cl2NO2. The van der Waals surface area contributed by atoms with E-state index in [-0.39, 0.29) is 11.7 Å². The maximum absolute atomic E-state index is 12.1. The lowest BCUT2D eigenvalue weighted by atomic mass is 10.1. The van der Waals surface area contributed by atoms with Gasteiger partial charge in [-0.2, -0.15) is 0 Å². The monoisotopic (exact) mass is 455 g/mol. The van der Waals surface area contributed by atoms with Gasteiger partial charge >= 0.3 is 5.97 Å². The van der Waals surface area contributed by atoms with Crippen LogP contribution in [0.3, 0.4) is 0 Å². The van der Waals surface area contributed by atoms with Crippen LogP contribution in [0.4, 0.5) is 0 Å². The Bertz CT molecular complexity index is 633. The number of ether oxygens (including phenoxy) is 1. The molecule has 0 N–H and O–H groups in total. The Kier molecular flexibility index (Phi) is 14.9. The summed E-state index contributed by atoms with van der Waals surface area (Å²) in [5.74, 6) is -0.0532. The Morgan fingerprint density at radius 2 is 1.27 bits per heavy atom. The van der Waals surface area contributed by atoms with Crippen molar-refractivity contribution in [1.82, 2.24) is 4.98 Å². The highest BCUT2D eigenvalue weighted by Gasteiger charge is 2.17. The fourth-order valence-electron chi connectivity index (χ4n) is 3.37. The molecule has 0 saturated carbocycles. The van der Waals surface area contributed by atoms with Crippen LogP contribution >= 0.6 is 23.2 Å². The number of carbonyl (C=O) groups is 1. The van der Waals surface area contributed by atoms with Crippen LogP contribution in [-0.2, 0) is 4.79 Å². The summed E-state index contributed by atoms with van der Waals surface area (Å²) >= 11 is 12.4. The number of carbonyl (C=O) groups excluding carboxylic acids is 1. The molecule has 0 spiro atoms. The van der Waals surface area contributed by atoms with Gasteiger partial charge in [0.1, 0.15) is 10.0 Å². The predicted molar refractivity (Wildman–Crippen MR) is 129 cm³/mol. The topological polar surface area (TPSA) is 39.2 Å². The van der Waals surface area contributed by atoms with Gasteiger partial charge in [-0.15, -0.1) is 0 Å². The second kappa shape index (κ2) is 16.6. The Morgan fingerprint density at radius 1 is 0.800 bits per heavy atom. The van der Waals surface area contributed by atoms with E-state index in [4.69, 9.17) is 27.9 Å². The first-order valence-electron chi connectivity index (χ1n) is 11.6. The van der Waals surface area contributed by atoms with Crippen LogP contribution in [-0.4, -0.2) is 11.0 Å². The first kappa shape index (κ1) is 27.0. The first-order chi connectivity index (χ1) is 14.5. The largest absolute Gasteiger partial charge is 0.423 e. The van der Waals surface area contributed by atoms with Crippen molar-refractivity contribution >= 4 is 29.2 Å². The number of allylic oxidation sites excluding steroid dienone is 2. The maximum atomic E-state index is 12.1. The minimum Gasteiger partial charge on any atom is -0.423 e. The van der Waals surface area contributed by atoms with Crippen molar-refractivity contribution in [2.45, 2.75) is 111 Å². The molecule has 30 heavy (non-hydrogen) atoms. The standard InChI is InChI=1S/C25H39Cl2NO2/c1-4-5-6-7-8-9-10-11-12-13-14-15-16-17-18-19-22(29)30-25-23(26)20(2)28-21(3)24(25)27/h11-12H,4-10,13-19H2,1-3H3/b12-11-. The molecule has 0 bridgehead atoms. The predicted octanol–water partition coefficient (Wildman–Crippen LogP) is 8.95. The van der Waals surface area contributed by atoms with Crippen LogP contribution in [0.5, 0.6) is 5.75 Å². The van der Waals surface area contributed by atoms with Crippen LogP contribution in [0.15, 0.2) is 12.2 Å². The van der Waals surface area contributed by atoms with Gasteiger partial charge in [0.05, 0.1) is 11.4 Å². The second-order valence-corrected chi connectivity index (χ2v) is 8.80. The Balaban J connectivity index is 2.04. The number of aromatic nitrogens is 1. The summed E-state index contributed by atoms with van der Waals surface area (Å²) in [5, 5.41) is 0.618. The number of pyridine rings is 1. The summed E-state index contributed by atoms with van der Waals surface area (Å²) < 4.78 is 5.40. The Morgan fingerprint density at radius 3 is 1.80 bits per heavy atom. The molecule has 0 radical (unpaired) electrons. The lowest BCUT2D eigenvalue weighted by molar-refractivity contribution is -0.134. The third-order valence-corrected chi connectivity index (χ3v) is 6.12. The molecule has 3 nitrogen and oxygen atoms in total. The second-order valence-electron chi connectivity index (χ2n) is 8.05. The van der Waals surface area contributed by atoms with E-state index in [0.717, 1.165) is 25.7 Å². The van der Waals surface area contributed by atoms with Crippen molar-refractivity contribution in [3.05, 3.63) is 33.6 Å². The molecule has 0 aliphatic carbocycles. The van der Waals surface area contributed by atoms with Crippen molar-refractivity contribution < 1.29 is 9.53 Å². The zero-order valence-corrected chi connectivity index (χ0v) is 20.6. The number of hydrogen-bond acceptors (Lipinski definition) is 3. The number of unbranched alkanes of at least 4 members (excludes halogenated alkanes) is 11. The van der Waals surface area contributed by atoms with Crippen molar-refractivity contribution in [2.24, 2.45) is 0 Å². The van der Waals surface area contributed by atoms with E-state index >= 15 is 0 Å². The van der Waals surface area contributed by atoms with Gasteiger partial charge in [-0.25, -0.2) is 0 Å². The molecule has 0 atom stereocenters. The molecule has 0 amide bonds. The maximum Gasteiger partial charge on any atom is 0.311 e. The number of esters is 1. The summed E-state index contributed by atoms with van der Waals surface area (Å²) in [7, 11) is 0. The minimum atomic E-state index is -0.290. The molecule has 170 valence electrons. The number of hydrogen-bond donors (Lipinski definition) is 0. The van der Waals surface area contributed by atoms with Gasteiger partial charge < -0.3 is 4.74 Å². The number of aryl methyl sites for hydroxylation is 2. The van der Waals surface area contributed by atoms with E-state index in [9.17, 15) is 4.79 Å². The molecular weight excluding hydrogens is 417 g/mol. The average molecular weight is 456 g/mol.